The van der Waals surface area contributed by atoms with Gasteiger partial charge in [0.15, 0.2) is 5.65 Å². The van der Waals surface area contributed by atoms with Crippen LogP contribution in [0.15, 0.2) is 66.7 Å². The lowest BCUT2D eigenvalue weighted by molar-refractivity contribution is 0.0944. The van der Waals surface area contributed by atoms with Gasteiger partial charge in [0.05, 0.1) is 5.69 Å². The number of carbonyl (C=O) groups excluding carboxylic acids is 1. The van der Waals surface area contributed by atoms with Crippen LogP contribution in [0.25, 0.3) is 16.9 Å². The number of nitrogens with one attached hydrogen (secondary N) is 3. The van der Waals surface area contributed by atoms with Gasteiger partial charge in [-0.15, -0.1) is 5.10 Å². The summed E-state index contributed by atoms with van der Waals surface area (Å²) in [5.41, 5.74) is 4.11. The molecule has 0 aliphatic carbocycles. The lowest BCUT2D eigenvalue weighted by Gasteiger charge is -2.22. The standard InChI is InChI=1S/C25H25ClN6O/c26-20-8-4-18(5-9-20)22-2-1-3-23-30-25(31-32(22)23)29-21-10-6-19(7-11-21)24(33)28-16-17-12-14-27-15-13-17/h1-11,17,27H,12-16H2,(H,28,33)(H,29,31). The lowest BCUT2D eigenvalue weighted by atomic mass is 9.98. The van der Waals surface area contributed by atoms with Crippen LogP contribution < -0.4 is 16.0 Å². The van der Waals surface area contributed by atoms with Gasteiger partial charge in [0, 0.05) is 28.4 Å². The largest absolute Gasteiger partial charge is 0.352 e. The van der Waals surface area contributed by atoms with E-state index in [0.717, 1.165) is 55.1 Å². The van der Waals surface area contributed by atoms with Crippen molar-refractivity contribution in [2.24, 2.45) is 5.92 Å². The molecular formula is C25H25ClN6O. The van der Waals surface area contributed by atoms with Gasteiger partial charge in [-0.25, -0.2) is 4.52 Å². The van der Waals surface area contributed by atoms with E-state index in [2.05, 4.69) is 26.0 Å². The second kappa shape index (κ2) is 9.60. The number of aromatic nitrogens is 3. The molecule has 1 fully saturated rings. The van der Waals surface area contributed by atoms with Crippen LogP contribution in [0.3, 0.4) is 0 Å². The summed E-state index contributed by atoms with van der Waals surface area (Å²) >= 11 is 6.02. The Bertz CT molecular complexity index is 1250. The highest BCUT2D eigenvalue weighted by atomic mass is 35.5. The van der Waals surface area contributed by atoms with Gasteiger partial charge >= 0.3 is 0 Å². The molecule has 8 heteroatoms. The van der Waals surface area contributed by atoms with E-state index < -0.39 is 0 Å². The Balaban J connectivity index is 1.27. The number of nitrogens with zero attached hydrogens (tertiary/aromatic N) is 3. The molecule has 2 aromatic heterocycles. The van der Waals surface area contributed by atoms with Crippen molar-refractivity contribution < 1.29 is 4.79 Å². The monoisotopic (exact) mass is 460 g/mol. The van der Waals surface area contributed by atoms with Crippen molar-refractivity contribution in [2.75, 3.05) is 25.0 Å². The van der Waals surface area contributed by atoms with Crippen LogP contribution in [0.4, 0.5) is 11.6 Å². The van der Waals surface area contributed by atoms with Crippen molar-refractivity contribution in [3.05, 3.63) is 77.3 Å². The molecule has 7 nitrogen and oxygen atoms in total. The van der Waals surface area contributed by atoms with Gasteiger partial charge in [-0.05, 0) is 80.4 Å². The topological polar surface area (TPSA) is 83.4 Å². The van der Waals surface area contributed by atoms with E-state index in [4.69, 9.17) is 11.6 Å². The number of amides is 1. The predicted molar refractivity (Wildman–Crippen MR) is 131 cm³/mol. The fraction of sp³-hybridized carbons (Fsp3) is 0.240. The molecule has 0 radical (unpaired) electrons. The maximum atomic E-state index is 12.5. The third-order valence-corrected chi connectivity index (χ3v) is 6.16. The van der Waals surface area contributed by atoms with Gasteiger partial charge in [0.25, 0.3) is 5.91 Å². The predicted octanol–water partition coefficient (Wildman–Crippen LogP) is 4.52. The van der Waals surface area contributed by atoms with Gasteiger partial charge in [-0.2, -0.15) is 4.98 Å². The van der Waals surface area contributed by atoms with E-state index in [9.17, 15) is 4.79 Å². The smallest absolute Gasteiger partial charge is 0.251 e. The fourth-order valence-corrected chi connectivity index (χ4v) is 4.18. The molecule has 168 valence electrons. The van der Waals surface area contributed by atoms with Crippen LogP contribution >= 0.6 is 11.6 Å². The third kappa shape index (κ3) is 4.99. The number of halogens is 1. The average molecular weight is 461 g/mol. The van der Waals surface area contributed by atoms with Gasteiger partial charge in [-0.1, -0.05) is 29.8 Å². The highest BCUT2D eigenvalue weighted by Crippen LogP contribution is 2.23. The van der Waals surface area contributed by atoms with E-state index in [1.54, 1.807) is 4.52 Å². The minimum absolute atomic E-state index is 0.0430. The fourth-order valence-electron chi connectivity index (χ4n) is 4.06. The third-order valence-electron chi connectivity index (χ3n) is 5.91. The van der Waals surface area contributed by atoms with E-state index in [1.165, 1.54) is 0 Å². The number of hydrogen-bond donors (Lipinski definition) is 3. The van der Waals surface area contributed by atoms with Crippen LogP contribution in [0.5, 0.6) is 0 Å². The van der Waals surface area contributed by atoms with Gasteiger partial charge in [0.2, 0.25) is 5.95 Å². The number of pyridine rings is 1. The molecule has 4 aromatic rings. The molecule has 33 heavy (non-hydrogen) atoms. The number of carbonyl (C=O) groups is 1. The molecular weight excluding hydrogens is 436 g/mol. The summed E-state index contributed by atoms with van der Waals surface area (Å²) in [5, 5.41) is 14.9. The quantitative estimate of drug-likeness (QED) is 0.394. The van der Waals surface area contributed by atoms with Crippen molar-refractivity contribution in [3.63, 3.8) is 0 Å². The molecule has 1 aliphatic heterocycles. The first kappa shape index (κ1) is 21.4. The van der Waals surface area contributed by atoms with Gasteiger partial charge in [0.1, 0.15) is 0 Å². The van der Waals surface area contributed by atoms with Crippen molar-refractivity contribution in [1.29, 1.82) is 0 Å². The molecule has 1 aliphatic rings. The lowest BCUT2D eigenvalue weighted by Crippen LogP contribution is -2.35. The zero-order valence-corrected chi connectivity index (χ0v) is 18.8. The van der Waals surface area contributed by atoms with Gasteiger partial charge < -0.3 is 16.0 Å². The molecule has 5 rings (SSSR count). The molecule has 2 aromatic carbocycles. The van der Waals surface area contributed by atoms with Crippen LogP contribution in [-0.2, 0) is 0 Å². The molecule has 1 saturated heterocycles. The van der Waals surface area contributed by atoms with Crippen molar-refractivity contribution in [1.82, 2.24) is 25.2 Å². The Morgan fingerprint density at radius 2 is 1.79 bits per heavy atom. The average Bonchev–Trinajstić information content (AvgIpc) is 3.27. The molecule has 3 heterocycles. The van der Waals surface area contributed by atoms with E-state index in [1.807, 2.05) is 66.7 Å². The molecule has 0 unspecified atom stereocenters. The second-order valence-electron chi connectivity index (χ2n) is 8.23. The maximum Gasteiger partial charge on any atom is 0.251 e. The molecule has 0 atom stereocenters. The summed E-state index contributed by atoms with van der Waals surface area (Å²) < 4.78 is 1.80. The summed E-state index contributed by atoms with van der Waals surface area (Å²) in [4.78, 5) is 17.1. The number of anilines is 2. The first-order valence-corrected chi connectivity index (χ1v) is 11.5. The SMILES string of the molecule is O=C(NCC1CCNCC1)c1ccc(Nc2nc3cccc(-c4ccc(Cl)cc4)n3n2)cc1. The molecule has 0 spiro atoms. The minimum atomic E-state index is -0.0430. The number of piperidine rings is 1. The Morgan fingerprint density at radius 3 is 2.55 bits per heavy atom. The molecule has 0 bridgehead atoms. The minimum Gasteiger partial charge on any atom is -0.352 e. The summed E-state index contributed by atoms with van der Waals surface area (Å²) in [7, 11) is 0. The van der Waals surface area contributed by atoms with E-state index >= 15 is 0 Å². The zero-order chi connectivity index (χ0) is 22.6. The van der Waals surface area contributed by atoms with Crippen molar-refractivity contribution >= 4 is 34.8 Å². The highest BCUT2D eigenvalue weighted by molar-refractivity contribution is 6.30. The second-order valence-corrected chi connectivity index (χ2v) is 8.67. The van der Waals surface area contributed by atoms with E-state index in [-0.39, 0.29) is 5.91 Å². The summed E-state index contributed by atoms with van der Waals surface area (Å²) in [6.07, 6.45) is 2.21. The van der Waals surface area contributed by atoms with Crippen LogP contribution in [0, 0.1) is 5.92 Å². The first-order chi connectivity index (χ1) is 16.2. The normalized spacial score (nSPS) is 14.3. The first-order valence-electron chi connectivity index (χ1n) is 11.1. The van der Waals surface area contributed by atoms with Crippen LogP contribution in [-0.4, -0.2) is 40.1 Å². The van der Waals surface area contributed by atoms with Crippen molar-refractivity contribution in [3.8, 4) is 11.3 Å². The number of rotatable bonds is 6. The van der Waals surface area contributed by atoms with Crippen LogP contribution in [0.1, 0.15) is 23.2 Å². The van der Waals surface area contributed by atoms with Gasteiger partial charge in [-0.3, -0.25) is 4.79 Å². The van der Waals surface area contributed by atoms with Crippen molar-refractivity contribution in [2.45, 2.75) is 12.8 Å². The summed E-state index contributed by atoms with van der Waals surface area (Å²) in [6.45, 7) is 2.78. The zero-order valence-electron chi connectivity index (χ0n) is 18.1. The van der Waals surface area contributed by atoms with Crippen LogP contribution in [0.2, 0.25) is 5.02 Å². The number of fused-ring (bicyclic) bond motifs is 1. The number of benzene rings is 2. The Labute approximate surface area is 197 Å². The summed E-state index contributed by atoms with van der Waals surface area (Å²) in [6, 6.07) is 20.8. The Hall–Kier alpha value is -3.42. The van der Waals surface area contributed by atoms with E-state index in [0.29, 0.717) is 22.5 Å². The number of hydrogen-bond acceptors (Lipinski definition) is 5. The Morgan fingerprint density at radius 1 is 1.03 bits per heavy atom. The molecule has 1 amide bonds. The summed E-state index contributed by atoms with van der Waals surface area (Å²) in [5.74, 6) is 0.994. The molecule has 3 N–H and O–H groups in total. The highest BCUT2D eigenvalue weighted by Gasteiger charge is 2.15. The maximum absolute atomic E-state index is 12.5. The molecule has 0 saturated carbocycles. The Kier molecular flexibility index (Phi) is 6.24.